The van der Waals surface area contributed by atoms with Gasteiger partial charge in [0.2, 0.25) is 0 Å². The zero-order valence-electron chi connectivity index (χ0n) is 16.3. The second-order valence-electron chi connectivity index (χ2n) is 7.25. The highest BCUT2D eigenvalue weighted by Gasteiger charge is 2.20. The van der Waals surface area contributed by atoms with Crippen LogP contribution in [0.25, 0.3) is 16.6 Å². The summed E-state index contributed by atoms with van der Waals surface area (Å²) in [6.07, 6.45) is 9.14. The summed E-state index contributed by atoms with van der Waals surface area (Å²) in [4.78, 5) is 17.8. The highest BCUT2D eigenvalue weighted by molar-refractivity contribution is 5.80. The lowest BCUT2D eigenvalue weighted by molar-refractivity contribution is 0.356. The van der Waals surface area contributed by atoms with Crippen molar-refractivity contribution < 1.29 is 9.13 Å². The quantitative estimate of drug-likeness (QED) is 0.533. The molecule has 0 fully saturated rings. The van der Waals surface area contributed by atoms with E-state index in [4.69, 9.17) is 4.74 Å². The van der Waals surface area contributed by atoms with E-state index in [-0.39, 0.29) is 5.82 Å². The van der Waals surface area contributed by atoms with E-state index in [0.717, 1.165) is 57.3 Å². The van der Waals surface area contributed by atoms with Crippen molar-refractivity contribution >= 4 is 5.52 Å². The molecule has 1 aliphatic heterocycles. The SMILES string of the molecule is Cc1ncc(-c2cnc(CCc3c(F)ccc4c3CCO4)n3cncc23)c(C)n1. The topological polar surface area (TPSA) is 65.2 Å². The lowest BCUT2D eigenvalue weighted by Gasteiger charge is -2.12. The molecule has 0 saturated heterocycles. The van der Waals surface area contributed by atoms with E-state index in [1.54, 1.807) is 12.4 Å². The van der Waals surface area contributed by atoms with Crippen LogP contribution >= 0.6 is 0 Å². The number of fused-ring (bicyclic) bond motifs is 2. The van der Waals surface area contributed by atoms with Crippen molar-refractivity contribution in [3.05, 3.63) is 71.3 Å². The fraction of sp³-hybridized carbons (Fsp3) is 0.273. The highest BCUT2D eigenvalue weighted by Crippen LogP contribution is 2.31. The Hall–Kier alpha value is -3.35. The smallest absolute Gasteiger partial charge is 0.126 e. The van der Waals surface area contributed by atoms with Crippen LogP contribution in [0.5, 0.6) is 5.75 Å². The molecular formula is C22H20FN5O. The van der Waals surface area contributed by atoms with Crippen LogP contribution in [0.15, 0.2) is 37.1 Å². The molecule has 0 saturated carbocycles. The number of benzene rings is 1. The van der Waals surface area contributed by atoms with E-state index in [2.05, 4.69) is 19.9 Å². The molecule has 4 aromatic rings. The maximum Gasteiger partial charge on any atom is 0.126 e. The minimum absolute atomic E-state index is 0.180. The minimum atomic E-state index is -0.180. The Morgan fingerprint density at radius 2 is 1.93 bits per heavy atom. The predicted molar refractivity (Wildman–Crippen MR) is 106 cm³/mol. The standard InChI is InChI=1S/C22H20FN5O/c1-13-17(9-25-14(2)27-13)18-10-26-22(28-12-24-11-20(18)28)6-3-15-16-7-8-29-21(16)5-4-19(15)23/h4-5,9-12H,3,6-8H2,1-2H3. The Morgan fingerprint density at radius 1 is 1.07 bits per heavy atom. The van der Waals surface area contributed by atoms with Gasteiger partial charge in [-0.2, -0.15) is 0 Å². The fourth-order valence-corrected chi connectivity index (χ4v) is 4.03. The lowest BCUT2D eigenvalue weighted by atomic mass is 10.00. The van der Waals surface area contributed by atoms with Crippen LogP contribution in [0.4, 0.5) is 4.39 Å². The van der Waals surface area contributed by atoms with Gasteiger partial charge < -0.3 is 4.74 Å². The first kappa shape index (κ1) is 17.7. The number of imidazole rings is 1. The summed E-state index contributed by atoms with van der Waals surface area (Å²) in [6.45, 7) is 4.45. The van der Waals surface area contributed by atoms with E-state index in [9.17, 15) is 4.39 Å². The Labute approximate surface area is 167 Å². The van der Waals surface area contributed by atoms with Gasteiger partial charge in [-0.15, -0.1) is 0 Å². The number of aryl methyl sites for hydroxylation is 3. The Morgan fingerprint density at radius 3 is 2.79 bits per heavy atom. The summed E-state index contributed by atoms with van der Waals surface area (Å²) in [5.41, 5.74) is 5.41. The monoisotopic (exact) mass is 389 g/mol. The molecule has 1 aliphatic rings. The molecule has 1 aromatic carbocycles. The third-order valence-corrected chi connectivity index (χ3v) is 5.46. The third kappa shape index (κ3) is 3.03. The molecule has 0 N–H and O–H groups in total. The van der Waals surface area contributed by atoms with Gasteiger partial charge in [-0.1, -0.05) is 0 Å². The molecule has 4 heterocycles. The number of nitrogens with zero attached hydrogens (tertiary/aromatic N) is 5. The first-order chi connectivity index (χ1) is 14.1. The van der Waals surface area contributed by atoms with Crippen LogP contribution in [-0.4, -0.2) is 30.9 Å². The van der Waals surface area contributed by atoms with Gasteiger partial charge in [0.15, 0.2) is 0 Å². The average Bonchev–Trinajstić information content (AvgIpc) is 3.37. The maximum atomic E-state index is 14.5. The maximum absolute atomic E-state index is 14.5. The molecule has 0 aliphatic carbocycles. The highest BCUT2D eigenvalue weighted by atomic mass is 19.1. The molecule has 5 rings (SSSR count). The van der Waals surface area contributed by atoms with Gasteiger partial charge in [0.25, 0.3) is 0 Å². The molecule has 29 heavy (non-hydrogen) atoms. The summed E-state index contributed by atoms with van der Waals surface area (Å²) in [6, 6.07) is 3.21. The third-order valence-electron chi connectivity index (χ3n) is 5.46. The molecule has 0 bridgehead atoms. The average molecular weight is 389 g/mol. The Bertz CT molecular complexity index is 1230. The van der Waals surface area contributed by atoms with Crippen molar-refractivity contribution in [2.75, 3.05) is 6.61 Å². The second kappa shape index (κ2) is 6.92. The molecule has 7 heteroatoms. The predicted octanol–water partition coefficient (Wildman–Crippen LogP) is 3.66. The van der Waals surface area contributed by atoms with Crippen LogP contribution in [0.2, 0.25) is 0 Å². The molecule has 0 atom stereocenters. The normalized spacial score (nSPS) is 12.9. The zero-order chi connectivity index (χ0) is 20.0. The Kier molecular flexibility index (Phi) is 4.23. The van der Waals surface area contributed by atoms with Crippen molar-refractivity contribution in [2.24, 2.45) is 0 Å². The number of aromatic nitrogens is 5. The number of hydrogen-bond donors (Lipinski definition) is 0. The Balaban J connectivity index is 1.50. The number of hydrogen-bond acceptors (Lipinski definition) is 5. The van der Waals surface area contributed by atoms with E-state index in [1.807, 2.05) is 36.8 Å². The molecule has 3 aromatic heterocycles. The van der Waals surface area contributed by atoms with E-state index < -0.39 is 0 Å². The molecule has 146 valence electrons. The van der Waals surface area contributed by atoms with E-state index in [0.29, 0.717) is 19.4 Å². The summed E-state index contributed by atoms with van der Waals surface area (Å²) >= 11 is 0. The molecule has 6 nitrogen and oxygen atoms in total. The first-order valence-electron chi connectivity index (χ1n) is 9.65. The summed E-state index contributed by atoms with van der Waals surface area (Å²) in [5, 5.41) is 0. The van der Waals surface area contributed by atoms with Gasteiger partial charge >= 0.3 is 0 Å². The minimum Gasteiger partial charge on any atom is -0.493 e. The van der Waals surface area contributed by atoms with Crippen molar-refractivity contribution in [1.29, 1.82) is 0 Å². The largest absolute Gasteiger partial charge is 0.493 e. The van der Waals surface area contributed by atoms with Crippen LogP contribution in [-0.2, 0) is 19.3 Å². The number of rotatable bonds is 4. The van der Waals surface area contributed by atoms with Crippen molar-refractivity contribution in [1.82, 2.24) is 24.3 Å². The summed E-state index contributed by atoms with van der Waals surface area (Å²) in [5.74, 6) is 2.19. The van der Waals surface area contributed by atoms with Crippen LogP contribution in [0.1, 0.15) is 28.5 Å². The van der Waals surface area contributed by atoms with E-state index in [1.165, 1.54) is 6.07 Å². The molecular weight excluding hydrogens is 369 g/mol. The fourth-order valence-electron chi connectivity index (χ4n) is 4.03. The van der Waals surface area contributed by atoms with Gasteiger partial charge in [-0.3, -0.25) is 4.40 Å². The van der Waals surface area contributed by atoms with Crippen LogP contribution in [0, 0.1) is 19.7 Å². The van der Waals surface area contributed by atoms with Crippen molar-refractivity contribution in [3.63, 3.8) is 0 Å². The van der Waals surface area contributed by atoms with Gasteiger partial charge in [0, 0.05) is 47.6 Å². The van der Waals surface area contributed by atoms with Gasteiger partial charge in [-0.05, 0) is 38.0 Å². The molecule has 0 radical (unpaired) electrons. The zero-order valence-corrected chi connectivity index (χ0v) is 16.3. The van der Waals surface area contributed by atoms with Gasteiger partial charge in [-0.25, -0.2) is 24.3 Å². The second-order valence-corrected chi connectivity index (χ2v) is 7.25. The first-order valence-corrected chi connectivity index (χ1v) is 9.65. The lowest BCUT2D eigenvalue weighted by Crippen LogP contribution is -2.06. The van der Waals surface area contributed by atoms with Crippen molar-refractivity contribution in [3.8, 4) is 16.9 Å². The number of halogens is 1. The van der Waals surface area contributed by atoms with Crippen molar-refractivity contribution in [2.45, 2.75) is 33.1 Å². The van der Waals surface area contributed by atoms with E-state index >= 15 is 0 Å². The van der Waals surface area contributed by atoms with Gasteiger partial charge in [0.05, 0.1) is 18.3 Å². The van der Waals surface area contributed by atoms with Crippen LogP contribution < -0.4 is 4.74 Å². The molecule has 0 spiro atoms. The molecule has 0 unspecified atom stereocenters. The summed E-state index contributed by atoms with van der Waals surface area (Å²) < 4.78 is 22.0. The summed E-state index contributed by atoms with van der Waals surface area (Å²) in [7, 11) is 0. The number of ether oxygens (including phenoxy) is 1. The van der Waals surface area contributed by atoms with Crippen LogP contribution in [0.3, 0.4) is 0 Å². The molecule has 0 amide bonds. The van der Waals surface area contributed by atoms with Gasteiger partial charge in [0.1, 0.15) is 29.5 Å².